The summed E-state index contributed by atoms with van der Waals surface area (Å²) in [5, 5.41) is 8.03. The first-order valence-electron chi connectivity index (χ1n) is 10.4. The van der Waals surface area contributed by atoms with Crippen LogP contribution in [0.4, 0.5) is 4.79 Å². The van der Waals surface area contributed by atoms with Crippen LogP contribution in [0.5, 0.6) is 0 Å². The van der Waals surface area contributed by atoms with Crippen molar-refractivity contribution in [2.24, 2.45) is 5.92 Å². The molecule has 3 rings (SSSR count). The third-order valence-corrected chi connectivity index (χ3v) is 5.02. The lowest BCUT2D eigenvalue weighted by Gasteiger charge is -2.20. The fourth-order valence-corrected chi connectivity index (χ4v) is 3.56. The molecule has 0 unspecified atom stereocenters. The number of ether oxygens (including phenoxy) is 1. The number of rotatable bonds is 6. The number of aryl methyl sites for hydroxylation is 1. The molecule has 6 heteroatoms. The van der Waals surface area contributed by atoms with Crippen molar-refractivity contribution in [2.75, 3.05) is 6.54 Å². The van der Waals surface area contributed by atoms with Crippen molar-refractivity contribution < 1.29 is 14.3 Å². The van der Waals surface area contributed by atoms with Gasteiger partial charge in [-0.05, 0) is 51.5 Å². The Morgan fingerprint density at radius 1 is 1.03 bits per heavy atom. The second kappa shape index (κ2) is 8.78. The molecule has 2 N–H and O–H groups in total. The molecule has 0 aliphatic heterocycles. The zero-order chi connectivity index (χ0) is 21.9. The van der Waals surface area contributed by atoms with E-state index in [1.54, 1.807) is 27.7 Å². The van der Waals surface area contributed by atoms with Gasteiger partial charge in [0.15, 0.2) is 0 Å². The summed E-state index contributed by atoms with van der Waals surface area (Å²) >= 11 is 0. The Morgan fingerprint density at radius 2 is 1.73 bits per heavy atom. The summed E-state index contributed by atoms with van der Waals surface area (Å²) in [6.45, 7) is 10.9. The molecule has 6 nitrogen and oxygen atoms in total. The maximum Gasteiger partial charge on any atom is 0.407 e. The maximum atomic E-state index is 12.4. The number of alkyl carbamates (subject to hydrolysis) is 1. The molecule has 1 atom stereocenters. The van der Waals surface area contributed by atoms with Gasteiger partial charge in [0.1, 0.15) is 5.60 Å². The van der Waals surface area contributed by atoms with Gasteiger partial charge in [-0.15, -0.1) is 0 Å². The van der Waals surface area contributed by atoms with Crippen LogP contribution in [0.2, 0.25) is 0 Å². The number of aromatic nitrogens is 1. The number of hydrogen-bond acceptors (Lipinski definition) is 3. The van der Waals surface area contributed by atoms with Gasteiger partial charge in [0.2, 0.25) is 5.91 Å². The van der Waals surface area contributed by atoms with E-state index in [1.807, 2.05) is 0 Å². The van der Waals surface area contributed by atoms with Crippen LogP contribution in [0.3, 0.4) is 0 Å². The van der Waals surface area contributed by atoms with Crippen molar-refractivity contribution in [1.29, 1.82) is 0 Å². The fourth-order valence-electron chi connectivity index (χ4n) is 3.56. The first-order valence-corrected chi connectivity index (χ1v) is 10.4. The summed E-state index contributed by atoms with van der Waals surface area (Å²) < 4.78 is 7.50. The highest BCUT2D eigenvalue weighted by Gasteiger charge is 2.19. The van der Waals surface area contributed by atoms with Gasteiger partial charge >= 0.3 is 6.09 Å². The summed E-state index contributed by atoms with van der Waals surface area (Å²) in [6, 6.07) is 14.7. The molecule has 1 heterocycles. The van der Waals surface area contributed by atoms with Crippen molar-refractivity contribution in [3.63, 3.8) is 0 Å². The van der Waals surface area contributed by atoms with Crippen molar-refractivity contribution >= 4 is 33.8 Å². The molecule has 160 valence electrons. The van der Waals surface area contributed by atoms with Crippen LogP contribution in [0.25, 0.3) is 21.8 Å². The SMILES string of the molecule is CCn1c2ccccc2c2cc(CNC(=O)[C@H](C)CNC(=O)OC(C)(C)C)ccc21. The lowest BCUT2D eigenvalue weighted by molar-refractivity contribution is -0.124. The van der Waals surface area contributed by atoms with Gasteiger partial charge in [-0.3, -0.25) is 4.79 Å². The third kappa shape index (κ3) is 4.93. The number of carbonyl (C=O) groups is 2. The van der Waals surface area contributed by atoms with Gasteiger partial charge in [-0.25, -0.2) is 4.79 Å². The Kier molecular flexibility index (Phi) is 6.34. The number of hydrogen-bond donors (Lipinski definition) is 2. The molecular weight excluding hydrogens is 378 g/mol. The smallest absolute Gasteiger partial charge is 0.407 e. The minimum Gasteiger partial charge on any atom is -0.444 e. The summed E-state index contributed by atoms with van der Waals surface area (Å²) in [6.07, 6.45) is -0.514. The standard InChI is InChI=1S/C24H31N3O3/c1-6-27-20-10-8-7-9-18(20)19-13-17(11-12-21(19)27)15-25-22(28)16(2)14-26-23(29)30-24(3,4)5/h7-13,16H,6,14-15H2,1-5H3,(H,25,28)(H,26,29)/t16-/m1/s1. The van der Waals surface area contributed by atoms with E-state index < -0.39 is 11.7 Å². The van der Waals surface area contributed by atoms with E-state index in [0.717, 1.165) is 12.1 Å². The Bertz CT molecular complexity index is 1060. The molecule has 0 aliphatic rings. The second-order valence-electron chi connectivity index (χ2n) is 8.61. The van der Waals surface area contributed by atoms with Crippen LogP contribution in [0.15, 0.2) is 42.5 Å². The first kappa shape index (κ1) is 21.7. The Balaban J connectivity index is 1.63. The number of carbonyl (C=O) groups excluding carboxylic acids is 2. The summed E-state index contributed by atoms with van der Waals surface area (Å²) in [5.74, 6) is -0.467. The number of nitrogens with zero attached hydrogens (tertiary/aromatic N) is 1. The minimum atomic E-state index is -0.560. The Hall–Kier alpha value is -3.02. The summed E-state index contributed by atoms with van der Waals surface area (Å²) in [5.41, 5.74) is 2.90. The molecular formula is C24H31N3O3. The van der Waals surface area contributed by atoms with E-state index in [2.05, 4.69) is 64.6 Å². The monoisotopic (exact) mass is 409 g/mol. The van der Waals surface area contributed by atoms with Crippen molar-refractivity contribution in [2.45, 2.75) is 53.3 Å². The number of nitrogens with one attached hydrogen (secondary N) is 2. The predicted molar refractivity (Wildman–Crippen MR) is 120 cm³/mol. The van der Waals surface area contributed by atoms with E-state index in [-0.39, 0.29) is 18.4 Å². The van der Waals surface area contributed by atoms with Gasteiger partial charge in [-0.2, -0.15) is 0 Å². The molecule has 0 spiro atoms. The quantitative estimate of drug-likeness (QED) is 0.625. The van der Waals surface area contributed by atoms with Crippen LogP contribution in [-0.2, 0) is 22.6 Å². The van der Waals surface area contributed by atoms with E-state index >= 15 is 0 Å². The topological polar surface area (TPSA) is 72.4 Å². The third-order valence-electron chi connectivity index (χ3n) is 5.02. The van der Waals surface area contributed by atoms with Crippen LogP contribution < -0.4 is 10.6 Å². The zero-order valence-corrected chi connectivity index (χ0v) is 18.4. The Morgan fingerprint density at radius 3 is 2.43 bits per heavy atom. The number of para-hydroxylation sites is 1. The van der Waals surface area contributed by atoms with Crippen LogP contribution in [0, 0.1) is 5.92 Å². The Labute approximate surface area is 177 Å². The molecule has 1 aromatic heterocycles. The van der Waals surface area contributed by atoms with Gasteiger partial charge in [-0.1, -0.05) is 31.2 Å². The molecule has 0 fully saturated rings. The van der Waals surface area contributed by atoms with Gasteiger partial charge in [0.25, 0.3) is 0 Å². The lowest BCUT2D eigenvalue weighted by Crippen LogP contribution is -2.39. The van der Waals surface area contributed by atoms with Gasteiger partial charge < -0.3 is 19.9 Å². The average Bonchev–Trinajstić information content (AvgIpc) is 3.02. The number of benzene rings is 2. The minimum absolute atomic E-state index is 0.109. The average molecular weight is 410 g/mol. The molecule has 0 aliphatic carbocycles. The van der Waals surface area contributed by atoms with Crippen LogP contribution in [0.1, 0.15) is 40.2 Å². The molecule has 30 heavy (non-hydrogen) atoms. The van der Waals surface area contributed by atoms with Gasteiger partial charge in [0.05, 0.1) is 5.92 Å². The van der Waals surface area contributed by atoms with E-state index in [0.29, 0.717) is 6.54 Å². The van der Waals surface area contributed by atoms with Crippen molar-refractivity contribution in [3.05, 3.63) is 48.0 Å². The number of fused-ring (bicyclic) bond motifs is 3. The largest absolute Gasteiger partial charge is 0.444 e. The van der Waals surface area contributed by atoms with E-state index in [4.69, 9.17) is 4.74 Å². The molecule has 3 aromatic rings. The van der Waals surface area contributed by atoms with Crippen LogP contribution >= 0.6 is 0 Å². The van der Waals surface area contributed by atoms with Crippen molar-refractivity contribution in [1.82, 2.24) is 15.2 Å². The summed E-state index contributed by atoms with van der Waals surface area (Å²) in [7, 11) is 0. The molecule has 0 saturated carbocycles. The summed E-state index contributed by atoms with van der Waals surface area (Å²) in [4.78, 5) is 24.2. The molecule has 2 amide bonds. The van der Waals surface area contributed by atoms with Gasteiger partial charge in [0, 0.05) is 41.4 Å². The first-order chi connectivity index (χ1) is 14.2. The molecule has 0 radical (unpaired) electrons. The predicted octanol–water partition coefficient (Wildman–Crippen LogP) is 4.59. The number of amides is 2. The molecule has 0 saturated heterocycles. The lowest BCUT2D eigenvalue weighted by atomic mass is 10.1. The second-order valence-corrected chi connectivity index (χ2v) is 8.61. The zero-order valence-electron chi connectivity index (χ0n) is 18.4. The molecule has 0 bridgehead atoms. The van der Waals surface area contributed by atoms with Crippen LogP contribution in [-0.4, -0.2) is 28.7 Å². The molecule has 2 aromatic carbocycles. The normalized spacial score (nSPS) is 12.7. The van der Waals surface area contributed by atoms with E-state index in [1.165, 1.54) is 21.8 Å². The fraction of sp³-hybridized carbons (Fsp3) is 0.417. The van der Waals surface area contributed by atoms with Crippen molar-refractivity contribution in [3.8, 4) is 0 Å². The van der Waals surface area contributed by atoms with E-state index in [9.17, 15) is 9.59 Å². The highest BCUT2D eigenvalue weighted by Crippen LogP contribution is 2.29. The highest BCUT2D eigenvalue weighted by atomic mass is 16.6. The highest BCUT2D eigenvalue weighted by molar-refractivity contribution is 6.08. The maximum absolute atomic E-state index is 12.4.